The second-order valence-corrected chi connectivity index (χ2v) is 5.76. The third kappa shape index (κ3) is 1.81. The van der Waals surface area contributed by atoms with E-state index in [1.807, 2.05) is 6.07 Å². The number of fused-ring (bicyclic) bond motifs is 1. The van der Waals surface area contributed by atoms with Gasteiger partial charge >= 0.3 is 0 Å². The topological polar surface area (TPSA) is 21.3 Å². The van der Waals surface area contributed by atoms with E-state index in [2.05, 4.69) is 33.4 Å². The van der Waals surface area contributed by atoms with E-state index in [1.165, 1.54) is 32.1 Å². The SMILES string of the molecule is Brc1ccc2c(c1)OC1(CCCCC1)CN2. The van der Waals surface area contributed by atoms with Crippen LogP contribution in [0.15, 0.2) is 22.7 Å². The largest absolute Gasteiger partial charge is 0.483 e. The normalized spacial score (nSPS) is 22.1. The summed E-state index contributed by atoms with van der Waals surface area (Å²) in [6.45, 7) is 0.960. The quantitative estimate of drug-likeness (QED) is 0.777. The molecule has 0 aromatic heterocycles. The zero-order valence-electron chi connectivity index (χ0n) is 9.26. The average molecular weight is 282 g/mol. The molecule has 1 aromatic rings. The molecule has 86 valence electrons. The Balaban J connectivity index is 1.89. The summed E-state index contributed by atoms with van der Waals surface area (Å²) in [5, 5.41) is 3.50. The molecule has 0 unspecified atom stereocenters. The summed E-state index contributed by atoms with van der Waals surface area (Å²) in [6.07, 6.45) is 6.32. The summed E-state index contributed by atoms with van der Waals surface area (Å²) in [5.74, 6) is 1.00. The highest BCUT2D eigenvalue weighted by Gasteiger charge is 2.37. The standard InChI is InChI=1S/C13H16BrNO/c14-10-4-5-11-12(8-10)16-13(9-15-11)6-2-1-3-7-13/h4-5,8,15H,1-3,6-7,9H2. The Morgan fingerprint density at radius 1 is 1.19 bits per heavy atom. The van der Waals surface area contributed by atoms with E-state index in [1.54, 1.807) is 0 Å². The first kappa shape index (κ1) is 10.5. The van der Waals surface area contributed by atoms with Crippen molar-refractivity contribution < 1.29 is 4.74 Å². The molecule has 1 saturated carbocycles. The monoisotopic (exact) mass is 281 g/mol. The van der Waals surface area contributed by atoms with Gasteiger partial charge in [0, 0.05) is 4.47 Å². The smallest absolute Gasteiger partial charge is 0.144 e. The van der Waals surface area contributed by atoms with Crippen LogP contribution < -0.4 is 10.1 Å². The number of anilines is 1. The van der Waals surface area contributed by atoms with Gasteiger partial charge in [0.25, 0.3) is 0 Å². The highest BCUT2D eigenvalue weighted by Crippen LogP contribution is 2.40. The fourth-order valence-corrected chi connectivity index (χ4v) is 3.07. The molecule has 0 bridgehead atoms. The van der Waals surface area contributed by atoms with E-state index >= 15 is 0 Å². The number of ether oxygens (including phenoxy) is 1. The van der Waals surface area contributed by atoms with Gasteiger partial charge in [-0.15, -0.1) is 0 Å². The number of hydrogen-bond donors (Lipinski definition) is 1. The highest BCUT2D eigenvalue weighted by atomic mass is 79.9. The Morgan fingerprint density at radius 2 is 2.00 bits per heavy atom. The predicted octanol–water partition coefficient (Wildman–Crippen LogP) is 3.96. The molecule has 1 N–H and O–H groups in total. The van der Waals surface area contributed by atoms with Gasteiger partial charge in [-0.1, -0.05) is 22.4 Å². The molecule has 1 aliphatic heterocycles. The van der Waals surface area contributed by atoms with E-state index < -0.39 is 0 Å². The Labute approximate surface area is 105 Å². The lowest BCUT2D eigenvalue weighted by molar-refractivity contribution is 0.0369. The van der Waals surface area contributed by atoms with E-state index in [0.29, 0.717) is 0 Å². The Hall–Kier alpha value is -0.700. The second kappa shape index (κ2) is 3.95. The van der Waals surface area contributed by atoms with Crippen molar-refractivity contribution in [1.82, 2.24) is 0 Å². The summed E-state index contributed by atoms with van der Waals surface area (Å²) < 4.78 is 7.33. The first-order chi connectivity index (χ1) is 7.77. The van der Waals surface area contributed by atoms with Crippen molar-refractivity contribution in [1.29, 1.82) is 0 Å². The van der Waals surface area contributed by atoms with E-state index in [-0.39, 0.29) is 5.60 Å². The molecule has 1 fully saturated rings. The lowest BCUT2D eigenvalue weighted by atomic mass is 9.83. The van der Waals surface area contributed by atoms with Crippen LogP contribution in [-0.2, 0) is 0 Å². The summed E-state index contributed by atoms with van der Waals surface area (Å²) in [6, 6.07) is 6.20. The average Bonchev–Trinajstić information content (AvgIpc) is 2.29. The summed E-state index contributed by atoms with van der Waals surface area (Å²) >= 11 is 3.50. The Morgan fingerprint density at radius 3 is 2.81 bits per heavy atom. The van der Waals surface area contributed by atoms with Gasteiger partial charge in [-0.2, -0.15) is 0 Å². The second-order valence-electron chi connectivity index (χ2n) is 4.84. The molecule has 16 heavy (non-hydrogen) atoms. The lowest BCUT2D eigenvalue weighted by Crippen LogP contribution is -2.47. The minimum atomic E-state index is 0.0616. The summed E-state index contributed by atoms with van der Waals surface area (Å²) in [4.78, 5) is 0. The van der Waals surface area contributed by atoms with Crippen LogP contribution >= 0.6 is 15.9 Å². The van der Waals surface area contributed by atoms with Crippen molar-refractivity contribution in [3.8, 4) is 5.75 Å². The summed E-state index contributed by atoms with van der Waals surface area (Å²) in [7, 11) is 0. The molecule has 3 rings (SSSR count). The van der Waals surface area contributed by atoms with Crippen LogP contribution in [0.5, 0.6) is 5.75 Å². The fourth-order valence-electron chi connectivity index (χ4n) is 2.73. The molecule has 0 radical (unpaired) electrons. The molecule has 1 aliphatic carbocycles. The molecular weight excluding hydrogens is 266 g/mol. The van der Waals surface area contributed by atoms with Crippen molar-refractivity contribution in [2.75, 3.05) is 11.9 Å². The Kier molecular flexibility index (Phi) is 2.58. The van der Waals surface area contributed by atoms with E-state index in [4.69, 9.17) is 4.74 Å². The van der Waals surface area contributed by atoms with Gasteiger partial charge in [0.15, 0.2) is 0 Å². The lowest BCUT2D eigenvalue weighted by Gasteiger charge is -2.41. The molecule has 2 aliphatic rings. The van der Waals surface area contributed by atoms with Gasteiger partial charge in [0.1, 0.15) is 11.4 Å². The maximum absolute atomic E-state index is 6.25. The minimum Gasteiger partial charge on any atom is -0.483 e. The van der Waals surface area contributed by atoms with Gasteiger partial charge in [-0.25, -0.2) is 0 Å². The van der Waals surface area contributed by atoms with E-state index in [0.717, 1.165) is 22.5 Å². The van der Waals surface area contributed by atoms with Crippen molar-refractivity contribution >= 4 is 21.6 Å². The first-order valence-electron chi connectivity index (χ1n) is 6.00. The van der Waals surface area contributed by atoms with Crippen molar-refractivity contribution in [3.05, 3.63) is 22.7 Å². The molecule has 2 nitrogen and oxygen atoms in total. The minimum absolute atomic E-state index is 0.0616. The summed E-state index contributed by atoms with van der Waals surface area (Å²) in [5.41, 5.74) is 1.19. The number of hydrogen-bond acceptors (Lipinski definition) is 2. The number of halogens is 1. The van der Waals surface area contributed by atoms with Gasteiger partial charge in [-0.05, 0) is 43.9 Å². The van der Waals surface area contributed by atoms with Crippen LogP contribution in [0.1, 0.15) is 32.1 Å². The maximum Gasteiger partial charge on any atom is 0.144 e. The maximum atomic E-state index is 6.25. The molecule has 0 amide bonds. The van der Waals surface area contributed by atoms with Crippen molar-refractivity contribution in [3.63, 3.8) is 0 Å². The third-order valence-corrected chi connectivity index (χ3v) is 4.13. The van der Waals surface area contributed by atoms with Crippen LogP contribution in [0.4, 0.5) is 5.69 Å². The van der Waals surface area contributed by atoms with Gasteiger partial charge < -0.3 is 10.1 Å². The zero-order chi connectivity index (χ0) is 11.0. The molecule has 1 heterocycles. The van der Waals surface area contributed by atoms with Crippen LogP contribution in [-0.4, -0.2) is 12.1 Å². The molecule has 1 spiro atoms. The predicted molar refractivity (Wildman–Crippen MR) is 69.1 cm³/mol. The third-order valence-electron chi connectivity index (χ3n) is 3.64. The van der Waals surface area contributed by atoms with Crippen LogP contribution in [0.2, 0.25) is 0 Å². The molecular formula is C13H16BrNO. The molecule has 0 saturated heterocycles. The molecule has 3 heteroatoms. The number of rotatable bonds is 0. The van der Waals surface area contributed by atoms with Crippen LogP contribution in [0.25, 0.3) is 0 Å². The van der Waals surface area contributed by atoms with Crippen LogP contribution in [0, 0.1) is 0 Å². The number of benzene rings is 1. The molecule has 1 aromatic carbocycles. The first-order valence-corrected chi connectivity index (χ1v) is 6.79. The fraction of sp³-hybridized carbons (Fsp3) is 0.538. The Bertz CT molecular complexity index is 399. The van der Waals surface area contributed by atoms with Crippen LogP contribution in [0.3, 0.4) is 0 Å². The van der Waals surface area contributed by atoms with Gasteiger partial charge in [0.2, 0.25) is 0 Å². The van der Waals surface area contributed by atoms with Gasteiger partial charge in [-0.3, -0.25) is 0 Å². The highest BCUT2D eigenvalue weighted by molar-refractivity contribution is 9.10. The molecule has 0 atom stereocenters. The van der Waals surface area contributed by atoms with Crippen molar-refractivity contribution in [2.24, 2.45) is 0 Å². The van der Waals surface area contributed by atoms with Gasteiger partial charge in [0.05, 0.1) is 12.2 Å². The zero-order valence-corrected chi connectivity index (χ0v) is 10.8. The number of nitrogens with one attached hydrogen (secondary N) is 1. The van der Waals surface area contributed by atoms with Crippen molar-refractivity contribution in [2.45, 2.75) is 37.7 Å². The van der Waals surface area contributed by atoms with E-state index in [9.17, 15) is 0 Å².